The van der Waals surface area contributed by atoms with Crippen molar-refractivity contribution < 1.29 is 0 Å². The van der Waals surface area contributed by atoms with Gasteiger partial charge in [-0.2, -0.15) is 0 Å². The third kappa shape index (κ3) is 4.73. The second kappa shape index (κ2) is 12.4. The number of allylic oxidation sites excluding steroid dienone is 2. The van der Waals surface area contributed by atoms with Crippen LogP contribution in [0.1, 0.15) is 39.8 Å². The molecule has 1 heteroatoms. The van der Waals surface area contributed by atoms with Gasteiger partial charge in [0, 0.05) is 11.4 Å². The molecule has 8 aromatic rings. The van der Waals surface area contributed by atoms with Crippen LogP contribution < -0.4 is 4.90 Å². The molecule has 0 radical (unpaired) electrons. The minimum Gasteiger partial charge on any atom is -0.334 e. The highest BCUT2D eigenvalue weighted by atomic mass is 15.2. The summed E-state index contributed by atoms with van der Waals surface area (Å²) in [6, 6.07) is 68.3. The second-order valence-electron chi connectivity index (χ2n) is 15.2. The van der Waals surface area contributed by atoms with E-state index in [4.69, 9.17) is 0 Å². The normalized spacial score (nSPS) is 17.4. The predicted molar refractivity (Wildman–Crippen MR) is 231 cm³/mol. The van der Waals surface area contributed by atoms with E-state index >= 15 is 0 Å². The fourth-order valence-corrected chi connectivity index (χ4v) is 9.91. The average molecular weight is 702 g/mol. The second-order valence-corrected chi connectivity index (χ2v) is 15.2. The van der Waals surface area contributed by atoms with Crippen molar-refractivity contribution in [2.24, 2.45) is 0 Å². The smallest absolute Gasteiger partial charge is 0.0732 e. The molecule has 0 heterocycles. The van der Waals surface area contributed by atoms with E-state index in [-0.39, 0.29) is 6.04 Å². The molecule has 0 amide bonds. The monoisotopic (exact) mass is 701 g/mol. The van der Waals surface area contributed by atoms with Gasteiger partial charge in [0.2, 0.25) is 0 Å². The molecule has 0 aromatic heterocycles. The molecule has 0 N–H and O–H groups in total. The van der Waals surface area contributed by atoms with Gasteiger partial charge < -0.3 is 4.90 Å². The van der Waals surface area contributed by atoms with Gasteiger partial charge in [0.1, 0.15) is 0 Å². The molecular formula is C54H39N. The Morgan fingerprint density at radius 1 is 0.491 bits per heavy atom. The molecule has 0 saturated heterocycles. The Morgan fingerprint density at radius 3 is 1.87 bits per heavy atom. The lowest BCUT2D eigenvalue weighted by atomic mass is 9.69. The van der Waals surface area contributed by atoms with Crippen molar-refractivity contribution in [2.75, 3.05) is 4.90 Å². The van der Waals surface area contributed by atoms with Crippen molar-refractivity contribution in [1.29, 1.82) is 0 Å². The SMILES string of the molecule is Cc1ccc(C2=CC=CCC2N(c2ccc(-c3ccccc3)cc2)c2ccc3c(c2)C2(c4ccccc4-3)c3ccccc3-c3ccc4ccccc4c32)cc1. The summed E-state index contributed by atoms with van der Waals surface area (Å²) in [4.78, 5) is 2.60. The molecule has 2 atom stereocenters. The van der Waals surface area contributed by atoms with Crippen molar-refractivity contribution in [1.82, 2.24) is 0 Å². The van der Waals surface area contributed by atoms with E-state index in [9.17, 15) is 0 Å². The lowest BCUT2D eigenvalue weighted by molar-refractivity contribution is 0.787. The van der Waals surface area contributed by atoms with E-state index in [1.54, 1.807) is 0 Å². The largest absolute Gasteiger partial charge is 0.334 e. The van der Waals surface area contributed by atoms with Crippen molar-refractivity contribution in [2.45, 2.75) is 24.8 Å². The molecule has 11 rings (SSSR count). The maximum Gasteiger partial charge on any atom is 0.0732 e. The molecule has 2 unspecified atom stereocenters. The minimum absolute atomic E-state index is 0.0945. The molecule has 0 fully saturated rings. The van der Waals surface area contributed by atoms with Crippen molar-refractivity contribution in [3.63, 3.8) is 0 Å². The quantitative estimate of drug-likeness (QED) is 0.173. The molecule has 0 bridgehead atoms. The van der Waals surface area contributed by atoms with Gasteiger partial charge in [-0.15, -0.1) is 0 Å². The maximum atomic E-state index is 2.60. The Balaban J connectivity index is 1.17. The number of anilines is 2. The molecule has 0 saturated carbocycles. The van der Waals surface area contributed by atoms with E-state index < -0.39 is 5.41 Å². The first-order valence-corrected chi connectivity index (χ1v) is 19.5. The summed E-state index contributed by atoms with van der Waals surface area (Å²) in [5, 5.41) is 2.59. The number of hydrogen-bond donors (Lipinski definition) is 0. The van der Waals surface area contributed by atoms with Crippen molar-refractivity contribution in [3.8, 4) is 33.4 Å². The highest BCUT2D eigenvalue weighted by Gasteiger charge is 2.52. The summed E-state index contributed by atoms with van der Waals surface area (Å²) in [6.45, 7) is 2.16. The summed E-state index contributed by atoms with van der Waals surface area (Å²) in [6.07, 6.45) is 7.78. The third-order valence-electron chi connectivity index (χ3n) is 12.3. The van der Waals surface area contributed by atoms with Crippen LogP contribution in [0.4, 0.5) is 11.4 Å². The van der Waals surface area contributed by atoms with Crippen LogP contribution in [-0.2, 0) is 5.41 Å². The van der Waals surface area contributed by atoms with Crippen molar-refractivity contribution >= 4 is 27.7 Å². The van der Waals surface area contributed by atoms with Crippen molar-refractivity contribution in [3.05, 3.63) is 234 Å². The van der Waals surface area contributed by atoms with Crippen LogP contribution in [0.15, 0.2) is 200 Å². The fraction of sp³-hybridized carbons (Fsp3) is 0.0741. The number of fused-ring (bicyclic) bond motifs is 12. The van der Waals surface area contributed by atoms with E-state index in [1.807, 2.05) is 0 Å². The van der Waals surface area contributed by atoms with Crippen LogP contribution in [0, 0.1) is 6.92 Å². The first kappa shape index (κ1) is 31.8. The summed E-state index contributed by atoms with van der Waals surface area (Å²) in [7, 11) is 0. The van der Waals surface area contributed by atoms with E-state index in [1.165, 1.54) is 94.5 Å². The van der Waals surface area contributed by atoms with Gasteiger partial charge in [0.05, 0.1) is 11.5 Å². The average Bonchev–Trinajstić information content (AvgIpc) is 3.72. The number of aryl methyl sites for hydroxylation is 1. The zero-order chi connectivity index (χ0) is 36.5. The molecule has 1 nitrogen and oxygen atoms in total. The van der Waals surface area contributed by atoms with Crippen LogP contribution >= 0.6 is 0 Å². The van der Waals surface area contributed by atoms with E-state index in [2.05, 4.69) is 212 Å². The van der Waals surface area contributed by atoms with Crippen LogP contribution in [0.25, 0.3) is 49.7 Å². The first-order valence-electron chi connectivity index (χ1n) is 19.5. The third-order valence-corrected chi connectivity index (χ3v) is 12.3. The predicted octanol–water partition coefficient (Wildman–Crippen LogP) is 13.7. The first-order chi connectivity index (χ1) is 27.2. The highest BCUT2D eigenvalue weighted by Crippen LogP contribution is 2.64. The topological polar surface area (TPSA) is 3.24 Å². The number of rotatable bonds is 5. The molecule has 0 aliphatic heterocycles. The van der Waals surface area contributed by atoms with E-state index in [0.717, 1.165) is 6.42 Å². The molecule has 55 heavy (non-hydrogen) atoms. The Bertz CT molecular complexity index is 2830. The molecular weight excluding hydrogens is 663 g/mol. The summed E-state index contributed by atoms with van der Waals surface area (Å²) in [5.74, 6) is 0. The summed E-state index contributed by atoms with van der Waals surface area (Å²) < 4.78 is 0. The highest BCUT2D eigenvalue weighted by molar-refractivity contribution is 6.04. The number of benzene rings is 8. The van der Waals surface area contributed by atoms with Gasteiger partial charge in [-0.05, 0) is 115 Å². The van der Waals surface area contributed by atoms with Crippen LogP contribution in [0.2, 0.25) is 0 Å². The van der Waals surface area contributed by atoms with Crippen LogP contribution in [0.3, 0.4) is 0 Å². The minimum atomic E-state index is -0.459. The standard InChI is InChI=1S/C54H39N/c1-36-23-25-40(26-24-36)43-16-9-12-22-52(43)55(41-30-27-38(28-31-41)37-13-3-2-4-14-37)42-32-34-47-45-18-7-10-20-49(45)54(51(47)35-42)50-21-11-8-19-46(50)48-33-29-39-15-5-6-17-44(39)53(48)54/h2-21,23-35,52H,22H2,1H3. The van der Waals surface area contributed by atoms with Gasteiger partial charge in [-0.3, -0.25) is 0 Å². The van der Waals surface area contributed by atoms with Gasteiger partial charge >= 0.3 is 0 Å². The maximum absolute atomic E-state index is 2.60. The van der Waals surface area contributed by atoms with Gasteiger partial charge in [0.25, 0.3) is 0 Å². The molecule has 260 valence electrons. The van der Waals surface area contributed by atoms with Crippen LogP contribution in [-0.4, -0.2) is 6.04 Å². The summed E-state index contributed by atoms with van der Waals surface area (Å²) in [5.41, 5.74) is 19.0. The Morgan fingerprint density at radius 2 is 1.09 bits per heavy atom. The lowest BCUT2D eigenvalue weighted by Gasteiger charge is -2.38. The summed E-state index contributed by atoms with van der Waals surface area (Å²) >= 11 is 0. The van der Waals surface area contributed by atoms with Crippen LogP contribution in [0.5, 0.6) is 0 Å². The van der Waals surface area contributed by atoms with Gasteiger partial charge in [-0.25, -0.2) is 0 Å². The Labute approximate surface area is 323 Å². The molecule has 3 aliphatic rings. The lowest BCUT2D eigenvalue weighted by Crippen LogP contribution is -2.33. The van der Waals surface area contributed by atoms with Gasteiger partial charge in [-0.1, -0.05) is 182 Å². The van der Waals surface area contributed by atoms with Gasteiger partial charge in [0.15, 0.2) is 0 Å². The Kier molecular flexibility index (Phi) is 7.19. The molecule has 3 aliphatic carbocycles. The number of nitrogens with zero attached hydrogens (tertiary/aromatic N) is 1. The fourth-order valence-electron chi connectivity index (χ4n) is 9.91. The number of hydrogen-bond acceptors (Lipinski definition) is 1. The Hall–Kier alpha value is -6.70. The zero-order valence-corrected chi connectivity index (χ0v) is 30.8. The zero-order valence-electron chi connectivity index (χ0n) is 30.8. The molecule has 1 spiro atoms. The van der Waals surface area contributed by atoms with E-state index in [0.29, 0.717) is 0 Å². The molecule has 8 aromatic carbocycles.